The highest BCUT2D eigenvalue weighted by Gasteiger charge is 2.77. The van der Waals surface area contributed by atoms with Crippen LogP contribution < -0.4 is 4.90 Å². The zero-order valence-electron chi connectivity index (χ0n) is 30.0. The van der Waals surface area contributed by atoms with Gasteiger partial charge < -0.3 is 29.3 Å². The van der Waals surface area contributed by atoms with Crippen LogP contribution >= 0.6 is 15.9 Å². The second kappa shape index (κ2) is 16.3. The predicted molar refractivity (Wildman–Crippen MR) is 199 cm³/mol. The summed E-state index contributed by atoms with van der Waals surface area (Å²) in [5.41, 5.74) is 2.01. The Morgan fingerprint density at radius 2 is 1.86 bits per heavy atom. The van der Waals surface area contributed by atoms with Crippen molar-refractivity contribution >= 4 is 45.3 Å². The SMILES string of the molecule is C=CCCC(=O)N(C)[C@H](C)[C@H](OC(=O)[C@@H]1[C@H]2O[C@@]3(CC2Br)[C@H](C(=O)N(CC=C)c2cc(C)ccc2C)N(CCCCO)C(=O)[C@@H]13)c1ccccc1. The van der Waals surface area contributed by atoms with Gasteiger partial charge in [-0.25, -0.2) is 0 Å². The van der Waals surface area contributed by atoms with E-state index in [1.807, 2.05) is 69.3 Å². The van der Waals surface area contributed by atoms with Crippen LogP contribution in [0.4, 0.5) is 5.69 Å². The van der Waals surface area contributed by atoms with Gasteiger partial charge in [-0.15, -0.1) is 13.2 Å². The van der Waals surface area contributed by atoms with Gasteiger partial charge in [0.15, 0.2) is 0 Å². The highest BCUT2D eigenvalue weighted by Crippen LogP contribution is 2.60. The molecule has 3 fully saturated rings. The number of likely N-dealkylation sites (N-methyl/N-ethyl adjacent to an activating group) is 1. The van der Waals surface area contributed by atoms with Gasteiger partial charge in [-0.1, -0.05) is 70.5 Å². The van der Waals surface area contributed by atoms with E-state index in [4.69, 9.17) is 9.47 Å². The number of fused-ring (bicyclic) bond motifs is 1. The number of ether oxygens (including phenoxy) is 2. The third-order valence-corrected chi connectivity index (χ3v) is 11.6. The van der Waals surface area contributed by atoms with Crippen LogP contribution in [0.1, 0.15) is 61.8 Å². The van der Waals surface area contributed by atoms with Crippen LogP contribution in [-0.4, -0.2) is 94.0 Å². The molecule has 1 spiro atoms. The number of halogens is 1. The van der Waals surface area contributed by atoms with Crippen LogP contribution in [0.3, 0.4) is 0 Å². The van der Waals surface area contributed by atoms with Crippen molar-refractivity contribution in [3.05, 3.63) is 90.5 Å². The monoisotopic (exact) mass is 763 g/mol. The van der Waals surface area contributed by atoms with Crippen molar-refractivity contribution < 1.29 is 33.8 Å². The molecule has 2 aromatic rings. The predicted octanol–water partition coefficient (Wildman–Crippen LogP) is 5.44. The van der Waals surface area contributed by atoms with Gasteiger partial charge in [0.25, 0.3) is 5.91 Å². The van der Waals surface area contributed by atoms with Gasteiger partial charge in [-0.05, 0) is 69.2 Å². The van der Waals surface area contributed by atoms with E-state index in [2.05, 4.69) is 29.1 Å². The molecule has 2 aromatic carbocycles. The molecule has 3 heterocycles. The molecular weight excluding hydrogens is 714 g/mol. The van der Waals surface area contributed by atoms with E-state index < -0.39 is 47.7 Å². The maximum absolute atomic E-state index is 14.9. The van der Waals surface area contributed by atoms with E-state index in [0.717, 1.165) is 11.1 Å². The Morgan fingerprint density at radius 3 is 2.53 bits per heavy atom. The molecule has 8 atom stereocenters. The second-order valence-electron chi connectivity index (χ2n) is 14.0. The summed E-state index contributed by atoms with van der Waals surface area (Å²) in [6, 6.07) is 13.6. The molecule has 51 heavy (non-hydrogen) atoms. The molecule has 1 unspecified atom stereocenters. The molecule has 274 valence electrons. The van der Waals surface area contributed by atoms with Gasteiger partial charge in [0.2, 0.25) is 11.8 Å². The van der Waals surface area contributed by atoms with Crippen molar-refractivity contribution in [3.63, 3.8) is 0 Å². The number of amides is 3. The summed E-state index contributed by atoms with van der Waals surface area (Å²) in [5.74, 6) is -3.33. The van der Waals surface area contributed by atoms with Crippen molar-refractivity contribution in [1.29, 1.82) is 0 Å². The highest BCUT2D eigenvalue weighted by molar-refractivity contribution is 9.09. The summed E-state index contributed by atoms with van der Waals surface area (Å²) in [7, 11) is 1.69. The fraction of sp³-hybridized carbons (Fsp3) is 0.500. The summed E-state index contributed by atoms with van der Waals surface area (Å²) in [4.78, 5) is 61.7. The largest absolute Gasteiger partial charge is 0.455 e. The summed E-state index contributed by atoms with van der Waals surface area (Å²) < 4.78 is 13.1. The van der Waals surface area contributed by atoms with Gasteiger partial charge in [0.1, 0.15) is 17.7 Å². The van der Waals surface area contributed by atoms with Crippen LogP contribution in [0.5, 0.6) is 0 Å². The minimum Gasteiger partial charge on any atom is -0.455 e. The van der Waals surface area contributed by atoms with Crippen LogP contribution in [0, 0.1) is 25.7 Å². The normalized spacial score (nSPS) is 26.0. The number of carbonyl (C=O) groups is 4. The Hall–Kier alpha value is -3.80. The van der Waals surface area contributed by atoms with Crippen LogP contribution in [-0.2, 0) is 28.7 Å². The van der Waals surface area contributed by atoms with E-state index in [1.54, 1.807) is 33.9 Å². The number of rotatable bonds is 16. The fourth-order valence-corrected chi connectivity index (χ4v) is 8.97. The molecule has 0 saturated carbocycles. The minimum absolute atomic E-state index is 0.0547. The molecule has 0 aromatic heterocycles. The van der Waals surface area contributed by atoms with Crippen molar-refractivity contribution in [2.24, 2.45) is 11.8 Å². The first kappa shape index (κ1) is 38.4. The number of hydrogen-bond donors (Lipinski definition) is 1. The van der Waals surface area contributed by atoms with Gasteiger partial charge in [-0.2, -0.15) is 0 Å². The van der Waals surface area contributed by atoms with E-state index in [0.29, 0.717) is 36.9 Å². The zero-order valence-corrected chi connectivity index (χ0v) is 31.6. The number of nitrogens with zero attached hydrogens (tertiary/aromatic N) is 3. The molecule has 10 nitrogen and oxygen atoms in total. The maximum atomic E-state index is 14.9. The Bertz CT molecular complexity index is 1630. The number of anilines is 1. The Labute approximate surface area is 309 Å². The summed E-state index contributed by atoms with van der Waals surface area (Å²) in [6.45, 7) is 13.7. The minimum atomic E-state index is -1.29. The number of unbranched alkanes of at least 4 members (excludes halogenated alkanes) is 1. The average molecular weight is 765 g/mol. The molecule has 3 aliphatic rings. The van der Waals surface area contributed by atoms with Gasteiger partial charge in [0.05, 0.1) is 24.0 Å². The lowest BCUT2D eigenvalue weighted by Gasteiger charge is -2.37. The third-order valence-electron chi connectivity index (χ3n) is 10.7. The van der Waals surface area contributed by atoms with Gasteiger partial charge in [0, 0.05) is 43.7 Å². The number of esters is 1. The van der Waals surface area contributed by atoms with Crippen LogP contribution in [0.2, 0.25) is 0 Å². The Kier molecular flexibility index (Phi) is 12.2. The third kappa shape index (κ3) is 7.30. The molecule has 3 aliphatic heterocycles. The van der Waals surface area contributed by atoms with Crippen molar-refractivity contribution in [2.75, 3.05) is 31.6 Å². The summed E-state index contributed by atoms with van der Waals surface area (Å²) in [6.07, 6.45) is 3.86. The van der Waals surface area contributed by atoms with Crippen molar-refractivity contribution in [1.82, 2.24) is 9.80 Å². The van der Waals surface area contributed by atoms with Crippen LogP contribution in [0.15, 0.2) is 73.8 Å². The fourth-order valence-electron chi connectivity index (χ4n) is 8.03. The van der Waals surface area contributed by atoms with E-state index in [-0.39, 0.29) is 48.7 Å². The average Bonchev–Trinajstić information content (AvgIpc) is 3.72. The second-order valence-corrected chi connectivity index (χ2v) is 15.2. The molecule has 1 N–H and O–H groups in total. The quantitative estimate of drug-likeness (QED) is 0.105. The number of aliphatic hydroxyl groups is 1. The number of hydrogen-bond acceptors (Lipinski definition) is 7. The molecule has 0 radical (unpaired) electrons. The molecule has 2 bridgehead atoms. The molecule has 3 amide bonds. The lowest BCUT2D eigenvalue weighted by Crippen LogP contribution is -2.57. The van der Waals surface area contributed by atoms with E-state index in [9.17, 15) is 24.3 Å². The first-order valence-corrected chi connectivity index (χ1v) is 18.7. The van der Waals surface area contributed by atoms with Crippen molar-refractivity contribution in [3.8, 4) is 0 Å². The molecular formula is C40H50BrN3O7. The number of aryl methyl sites for hydroxylation is 2. The number of alkyl halides is 1. The number of allylic oxidation sites excluding steroid dienone is 1. The smallest absolute Gasteiger partial charge is 0.313 e. The van der Waals surface area contributed by atoms with Crippen LogP contribution in [0.25, 0.3) is 0 Å². The molecule has 11 heteroatoms. The number of carbonyl (C=O) groups excluding carboxylic acids is 4. The molecule has 3 saturated heterocycles. The number of aliphatic hydroxyl groups excluding tert-OH is 1. The highest BCUT2D eigenvalue weighted by atomic mass is 79.9. The molecule has 0 aliphatic carbocycles. The summed E-state index contributed by atoms with van der Waals surface area (Å²) in [5, 5.41) is 9.59. The zero-order chi connectivity index (χ0) is 37.0. The van der Waals surface area contributed by atoms with Gasteiger partial charge in [-0.3, -0.25) is 19.2 Å². The van der Waals surface area contributed by atoms with E-state index in [1.165, 1.54) is 0 Å². The molecule has 5 rings (SSSR count). The lowest BCUT2D eigenvalue weighted by molar-refractivity contribution is -0.164. The first-order chi connectivity index (χ1) is 24.4. The Balaban J connectivity index is 1.53. The topological polar surface area (TPSA) is 117 Å². The first-order valence-electron chi connectivity index (χ1n) is 17.8. The number of likely N-dealkylation sites (tertiary alicyclic amines) is 1. The van der Waals surface area contributed by atoms with Crippen molar-refractivity contribution in [2.45, 2.75) is 87.6 Å². The van der Waals surface area contributed by atoms with E-state index >= 15 is 0 Å². The Morgan fingerprint density at radius 1 is 1.14 bits per heavy atom. The summed E-state index contributed by atoms with van der Waals surface area (Å²) >= 11 is 3.76. The maximum Gasteiger partial charge on any atom is 0.313 e. The lowest BCUT2D eigenvalue weighted by atomic mass is 9.70. The standard InChI is InChI=1S/C40H50BrN3O7/c1-7-9-17-31(46)42(6)27(5)34(28-15-11-10-12-16-28)50-39(49)32-33-37(47)44(21-13-14-22-45)36(40(33)24-29(41)35(32)51-40)38(48)43(20-8-2)30-23-25(3)18-19-26(30)4/h7-8,10-12,15-16,18-19,23,27,29,32-36,45H,1-2,9,13-14,17,20-22,24H2,3-6H3/t27-,29?,32+,33-,34+,35+,36+,40-/m1/s1. The van der Waals surface area contributed by atoms with Gasteiger partial charge >= 0.3 is 5.97 Å². The number of benzene rings is 2.